The minimum atomic E-state index is -0.0556. The monoisotopic (exact) mass is 367 g/mol. The van der Waals surface area contributed by atoms with Crippen LogP contribution in [0.2, 0.25) is 0 Å². The van der Waals surface area contributed by atoms with Crippen molar-refractivity contribution in [3.8, 4) is 5.75 Å². The molecule has 0 atom stereocenters. The first-order valence-electron chi connectivity index (χ1n) is 9.12. The van der Waals surface area contributed by atoms with Gasteiger partial charge in [0.15, 0.2) is 5.78 Å². The van der Waals surface area contributed by atoms with Crippen LogP contribution in [0.1, 0.15) is 15.9 Å². The van der Waals surface area contributed by atoms with Gasteiger partial charge in [0.2, 0.25) is 0 Å². The number of ether oxygens (including phenoxy) is 1. The standard InChI is InChI=1S/C21H25N3O3/c1-27-19-9-7-18(8-10-19)20(25)16-23-11-13-24(14-12-23)21(26)22-15-17-5-3-2-4-6-17/h2-10H,11-16H2,1H3,(H,22,26). The van der Waals surface area contributed by atoms with Crippen molar-refractivity contribution in [1.29, 1.82) is 0 Å². The van der Waals surface area contributed by atoms with Crippen LogP contribution in [0.25, 0.3) is 0 Å². The molecule has 2 aromatic carbocycles. The van der Waals surface area contributed by atoms with Gasteiger partial charge in [-0.1, -0.05) is 30.3 Å². The summed E-state index contributed by atoms with van der Waals surface area (Å²) < 4.78 is 5.12. The lowest BCUT2D eigenvalue weighted by Crippen LogP contribution is -2.52. The van der Waals surface area contributed by atoms with Gasteiger partial charge in [0.25, 0.3) is 0 Å². The number of hydrogen-bond donors (Lipinski definition) is 1. The molecular formula is C21H25N3O3. The van der Waals surface area contributed by atoms with Gasteiger partial charge in [-0.2, -0.15) is 0 Å². The highest BCUT2D eigenvalue weighted by Gasteiger charge is 2.22. The molecule has 6 heteroatoms. The molecule has 1 heterocycles. The van der Waals surface area contributed by atoms with Crippen molar-refractivity contribution in [2.45, 2.75) is 6.54 Å². The van der Waals surface area contributed by atoms with Crippen LogP contribution in [-0.4, -0.2) is 61.4 Å². The summed E-state index contributed by atoms with van der Waals surface area (Å²) >= 11 is 0. The number of benzene rings is 2. The number of Topliss-reactive ketones (excluding diaryl/α,β-unsaturated/α-hetero) is 1. The number of urea groups is 1. The van der Waals surface area contributed by atoms with Gasteiger partial charge in [-0.15, -0.1) is 0 Å². The van der Waals surface area contributed by atoms with E-state index in [1.54, 1.807) is 36.3 Å². The number of methoxy groups -OCH3 is 1. The van der Waals surface area contributed by atoms with E-state index in [0.717, 1.165) is 11.3 Å². The van der Waals surface area contributed by atoms with E-state index in [2.05, 4.69) is 10.2 Å². The van der Waals surface area contributed by atoms with Gasteiger partial charge in [-0.25, -0.2) is 4.79 Å². The van der Waals surface area contributed by atoms with Crippen molar-refractivity contribution in [1.82, 2.24) is 15.1 Å². The summed E-state index contributed by atoms with van der Waals surface area (Å²) in [6.07, 6.45) is 0. The van der Waals surface area contributed by atoms with E-state index in [0.29, 0.717) is 44.8 Å². The van der Waals surface area contributed by atoms with E-state index in [-0.39, 0.29) is 11.8 Å². The van der Waals surface area contributed by atoms with Crippen molar-refractivity contribution in [2.75, 3.05) is 39.8 Å². The van der Waals surface area contributed by atoms with Crippen LogP contribution in [0.5, 0.6) is 5.75 Å². The van der Waals surface area contributed by atoms with E-state index >= 15 is 0 Å². The number of carbonyl (C=O) groups excluding carboxylic acids is 2. The number of carbonyl (C=O) groups is 2. The Morgan fingerprint density at radius 1 is 0.963 bits per heavy atom. The second kappa shape index (κ2) is 9.19. The average molecular weight is 367 g/mol. The third kappa shape index (κ3) is 5.31. The highest BCUT2D eigenvalue weighted by atomic mass is 16.5. The van der Waals surface area contributed by atoms with Crippen molar-refractivity contribution >= 4 is 11.8 Å². The summed E-state index contributed by atoms with van der Waals surface area (Å²) in [6.45, 7) is 3.52. The van der Waals surface area contributed by atoms with Crippen LogP contribution in [0, 0.1) is 0 Å². The summed E-state index contributed by atoms with van der Waals surface area (Å²) in [5.41, 5.74) is 1.76. The van der Waals surface area contributed by atoms with Crippen molar-refractivity contribution in [3.05, 3.63) is 65.7 Å². The summed E-state index contributed by atoms with van der Waals surface area (Å²) in [7, 11) is 1.60. The van der Waals surface area contributed by atoms with E-state index in [4.69, 9.17) is 4.74 Å². The molecule has 1 saturated heterocycles. The van der Waals surface area contributed by atoms with Gasteiger partial charge in [0.1, 0.15) is 5.75 Å². The zero-order valence-corrected chi connectivity index (χ0v) is 15.6. The first kappa shape index (κ1) is 18.9. The molecule has 0 aromatic heterocycles. The number of hydrogen-bond acceptors (Lipinski definition) is 4. The quantitative estimate of drug-likeness (QED) is 0.797. The number of amides is 2. The Kier molecular flexibility index (Phi) is 6.44. The summed E-state index contributed by atoms with van der Waals surface area (Å²) in [6, 6.07) is 17.0. The van der Waals surface area contributed by atoms with Crippen LogP contribution in [-0.2, 0) is 6.54 Å². The topological polar surface area (TPSA) is 61.9 Å². The van der Waals surface area contributed by atoms with Crippen LogP contribution in [0.3, 0.4) is 0 Å². The Balaban J connectivity index is 1.42. The Morgan fingerprint density at radius 3 is 2.26 bits per heavy atom. The molecule has 2 aromatic rings. The lowest BCUT2D eigenvalue weighted by atomic mass is 10.1. The summed E-state index contributed by atoms with van der Waals surface area (Å²) in [4.78, 5) is 28.6. The van der Waals surface area contributed by atoms with Crippen molar-refractivity contribution < 1.29 is 14.3 Å². The Bertz CT molecular complexity index is 754. The van der Waals surface area contributed by atoms with E-state index < -0.39 is 0 Å². The van der Waals surface area contributed by atoms with Crippen molar-refractivity contribution in [2.24, 2.45) is 0 Å². The molecular weight excluding hydrogens is 342 g/mol. The minimum Gasteiger partial charge on any atom is -0.497 e. The van der Waals surface area contributed by atoms with E-state index in [9.17, 15) is 9.59 Å². The maximum atomic E-state index is 12.4. The number of nitrogens with zero attached hydrogens (tertiary/aromatic N) is 2. The molecule has 0 radical (unpaired) electrons. The highest BCUT2D eigenvalue weighted by Crippen LogP contribution is 2.13. The molecule has 142 valence electrons. The van der Waals surface area contributed by atoms with Crippen LogP contribution >= 0.6 is 0 Å². The fourth-order valence-corrected chi connectivity index (χ4v) is 3.07. The SMILES string of the molecule is COc1ccc(C(=O)CN2CCN(C(=O)NCc3ccccc3)CC2)cc1. The molecule has 2 amide bonds. The van der Waals surface area contributed by atoms with Gasteiger partial charge in [-0.3, -0.25) is 9.69 Å². The third-order valence-electron chi connectivity index (χ3n) is 4.73. The smallest absolute Gasteiger partial charge is 0.317 e. The molecule has 0 unspecified atom stereocenters. The maximum Gasteiger partial charge on any atom is 0.317 e. The highest BCUT2D eigenvalue weighted by molar-refractivity contribution is 5.97. The summed E-state index contributed by atoms with van der Waals surface area (Å²) in [5.74, 6) is 0.821. The Morgan fingerprint density at radius 2 is 1.63 bits per heavy atom. The Labute approximate surface area is 159 Å². The van der Waals surface area contributed by atoms with Gasteiger partial charge < -0.3 is 15.0 Å². The zero-order chi connectivity index (χ0) is 19.1. The molecule has 3 rings (SSSR count). The number of nitrogens with one attached hydrogen (secondary N) is 1. The average Bonchev–Trinajstić information content (AvgIpc) is 2.73. The van der Waals surface area contributed by atoms with E-state index in [1.807, 2.05) is 30.3 Å². The molecule has 1 aliphatic heterocycles. The predicted octanol–water partition coefficient (Wildman–Crippen LogP) is 2.41. The fraction of sp³-hybridized carbons (Fsp3) is 0.333. The second-order valence-corrected chi connectivity index (χ2v) is 6.56. The number of piperazine rings is 1. The lowest BCUT2D eigenvalue weighted by Gasteiger charge is -2.34. The maximum absolute atomic E-state index is 12.4. The van der Waals surface area contributed by atoms with E-state index in [1.165, 1.54) is 0 Å². The molecule has 1 fully saturated rings. The third-order valence-corrected chi connectivity index (χ3v) is 4.73. The largest absolute Gasteiger partial charge is 0.497 e. The molecule has 6 nitrogen and oxygen atoms in total. The van der Waals surface area contributed by atoms with Crippen molar-refractivity contribution in [3.63, 3.8) is 0 Å². The van der Waals surface area contributed by atoms with Gasteiger partial charge in [0, 0.05) is 38.3 Å². The number of ketones is 1. The van der Waals surface area contributed by atoms with Crippen LogP contribution in [0.4, 0.5) is 4.79 Å². The molecule has 27 heavy (non-hydrogen) atoms. The number of rotatable bonds is 6. The van der Waals surface area contributed by atoms with Gasteiger partial charge in [0.05, 0.1) is 13.7 Å². The molecule has 0 saturated carbocycles. The lowest BCUT2D eigenvalue weighted by molar-refractivity contribution is 0.0878. The van der Waals surface area contributed by atoms with Crippen LogP contribution < -0.4 is 10.1 Å². The molecule has 0 spiro atoms. The molecule has 1 N–H and O–H groups in total. The van der Waals surface area contributed by atoms with Crippen LogP contribution in [0.15, 0.2) is 54.6 Å². The second-order valence-electron chi connectivity index (χ2n) is 6.56. The van der Waals surface area contributed by atoms with Gasteiger partial charge >= 0.3 is 6.03 Å². The predicted molar refractivity (Wildman–Crippen MR) is 104 cm³/mol. The minimum absolute atomic E-state index is 0.0556. The fourth-order valence-electron chi connectivity index (χ4n) is 3.07. The molecule has 1 aliphatic rings. The van der Waals surface area contributed by atoms with Gasteiger partial charge in [-0.05, 0) is 29.8 Å². The first-order chi connectivity index (χ1) is 13.2. The normalized spacial score (nSPS) is 14.6. The Hall–Kier alpha value is -2.86. The zero-order valence-electron chi connectivity index (χ0n) is 15.6. The first-order valence-corrected chi connectivity index (χ1v) is 9.12. The molecule has 0 aliphatic carbocycles. The summed E-state index contributed by atoms with van der Waals surface area (Å²) in [5, 5.41) is 2.95. The molecule has 0 bridgehead atoms.